The van der Waals surface area contributed by atoms with Crippen molar-refractivity contribution in [1.82, 2.24) is 4.98 Å². The van der Waals surface area contributed by atoms with Crippen LogP contribution in [0.15, 0.2) is 29.0 Å². The number of hydrogen-bond acceptors (Lipinski definition) is 3. The van der Waals surface area contributed by atoms with Gasteiger partial charge in [0.2, 0.25) is 5.89 Å². The zero-order valence-corrected chi connectivity index (χ0v) is 10.7. The fraction of sp³-hybridized carbons (Fsp3) is 0.267. The second-order valence-electron chi connectivity index (χ2n) is 4.65. The zero-order valence-electron chi connectivity index (χ0n) is 10.7. The number of nitrogens with zero attached hydrogens (tertiary/aromatic N) is 1. The van der Waals surface area contributed by atoms with Crippen molar-refractivity contribution in [3.63, 3.8) is 0 Å². The SMILES string of the molecule is CNc1ccc(F)c(C2CC2)c1/C=C/c1ncco1. The summed E-state index contributed by atoms with van der Waals surface area (Å²) in [4.78, 5) is 4.03. The summed E-state index contributed by atoms with van der Waals surface area (Å²) in [6, 6.07) is 3.29. The third-order valence-electron chi connectivity index (χ3n) is 3.33. The summed E-state index contributed by atoms with van der Waals surface area (Å²) in [5, 5.41) is 3.11. The van der Waals surface area contributed by atoms with E-state index in [9.17, 15) is 4.39 Å². The highest BCUT2D eigenvalue weighted by Crippen LogP contribution is 2.45. The maximum absolute atomic E-state index is 14.0. The lowest BCUT2D eigenvalue weighted by atomic mass is 10.00. The largest absolute Gasteiger partial charge is 0.445 e. The highest BCUT2D eigenvalue weighted by Gasteiger charge is 2.29. The highest BCUT2D eigenvalue weighted by molar-refractivity contribution is 5.77. The number of aromatic nitrogens is 1. The summed E-state index contributed by atoms with van der Waals surface area (Å²) in [5.41, 5.74) is 2.61. The third kappa shape index (κ3) is 2.38. The lowest BCUT2D eigenvalue weighted by Gasteiger charge is -2.12. The second kappa shape index (κ2) is 4.88. The zero-order chi connectivity index (χ0) is 13.2. The van der Waals surface area contributed by atoms with Crippen LogP contribution in [0.4, 0.5) is 10.1 Å². The van der Waals surface area contributed by atoms with Crippen molar-refractivity contribution in [2.75, 3.05) is 12.4 Å². The summed E-state index contributed by atoms with van der Waals surface area (Å²) in [5.74, 6) is 0.735. The number of benzene rings is 1. The van der Waals surface area contributed by atoms with Crippen molar-refractivity contribution in [3.8, 4) is 0 Å². The van der Waals surface area contributed by atoms with Gasteiger partial charge in [-0.3, -0.25) is 0 Å². The van der Waals surface area contributed by atoms with E-state index in [1.165, 1.54) is 12.3 Å². The number of oxazole rings is 1. The Hall–Kier alpha value is -2.10. The van der Waals surface area contributed by atoms with E-state index >= 15 is 0 Å². The summed E-state index contributed by atoms with van der Waals surface area (Å²) in [6.07, 6.45) is 8.86. The monoisotopic (exact) mass is 258 g/mol. The van der Waals surface area contributed by atoms with Gasteiger partial charge in [-0.2, -0.15) is 0 Å². The van der Waals surface area contributed by atoms with Crippen molar-refractivity contribution in [2.45, 2.75) is 18.8 Å². The minimum absolute atomic E-state index is 0.131. The summed E-state index contributed by atoms with van der Waals surface area (Å²) in [6.45, 7) is 0. The first-order valence-corrected chi connectivity index (χ1v) is 6.37. The van der Waals surface area contributed by atoms with Gasteiger partial charge in [0, 0.05) is 29.9 Å². The van der Waals surface area contributed by atoms with Gasteiger partial charge in [0.15, 0.2) is 0 Å². The molecule has 0 bridgehead atoms. The molecule has 1 aliphatic carbocycles. The molecule has 2 aromatic rings. The molecule has 0 saturated heterocycles. The van der Waals surface area contributed by atoms with Crippen LogP contribution in [0.5, 0.6) is 0 Å². The van der Waals surface area contributed by atoms with Crippen LogP contribution in [0.2, 0.25) is 0 Å². The molecule has 3 rings (SSSR count). The summed E-state index contributed by atoms with van der Waals surface area (Å²) in [7, 11) is 1.84. The minimum atomic E-state index is -0.131. The molecule has 0 amide bonds. The molecule has 1 saturated carbocycles. The molecule has 1 aromatic heterocycles. The van der Waals surface area contributed by atoms with E-state index in [0.29, 0.717) is 11.8 Å². The molecule has 0 atom stereocenters. The molecule has 19 heavy (non-hydrogen) atoms. The molecular formula is C15H15FN2O. The molecule has 0 unspecified atom stereocenters. The van der Waals surface area contributed by atoms with Crippen molar-refractivity contribution in [3.05, 3.63) is 47.4 Å². The van der Waals surface area contributed by atoms with Gasteiger partial charge in [-0.15, -0.1) is 0 Å². The molecule has 1 aliphatic rings. The van der Waals surface area contributed by atoms with Crippen LogP contribution in [-0.2, 0) is 0 Å². The predicted octanol–water partition coefficient (Wildman–Crippen LogP) is 3.90. The Morgan fingerprint density at radius 2 is 2.21 bits per heavy atom. The van der Waals surface area contributed by atoms with Crippen LogP contribution >= 0.6 is 0 Å². The quantitative estimate of drug-likeness (QED) is 0.903. The summed E-state index contributed by atoms with van der Waals surface area (Å²) < 4.78 is 19.2. The molecule has 98 valence electrons. The fourth-order valence-electron chi connectivity index (χ4n) is 2.27. The first kappa shape index (κ1) is 12.0. The predicted molar refractivity (Wildman–Crippen MR) is 73.4 cm³/mol. The van der Waals surface area contributed by atoms with Gasteiger partial charge in [0.25, 0.3) is 0 Å². The highest BCUT2D eigenvalue weighted by atomic mass is 19.1. The Balaban J connectivity index is 2.04. The normalized spacial score (nSPS) is 15.1. The fourth-order valence-corrected chi connectivity index (χ4v) is 2.27. The average Bonchev–Trinajstić information content (AvgIpc) is 3.12. The Morgan fingerprint density at radius 1 is 1.37 bits per heavy atom. The summed E-state index contributed by atoms with van der Waals surface area (Å²) >= 11 is 0. The number of rotatable bonds is 4. The Kier molecular flexibility index (Phi) is 3.07. The molecule has 1 heterocycles. The van der Waals surface area contributed by atoms with E-state index in [0.717, 1.165) is 29.7 Å². The van der Waals surface area contributed by atoms with Gasteiger partial charge in [-0.05, 0) is 37.0 Å². The molecule has 0 spiro atoms. The van der Waals surface area contributed by atoms with Crippen molar-refractivity contribution < 1.29 is 8.81 Å². The molecule has 0 aliphatic heterocycles. The lowest BCUT2D eigenvalue weighted by molar-refractivity contribution is 0.547. The van der Waals surface area contributed by atoms with E-state index in [1.54, 1.807) is 18.3 Å². The van der Waals surface area contributed by atoms with Crippen LogP contribution in [0.3, 0.4) is 0 Å². The van der Waals surface area contributed by atoms with Gasteiger partial charge < -0.3 is 9.73 Å². The molecule has 1 fully saturated rings. The Bertz CT molecular complexity index is 601. The lowest BCUT2D eigenvalue weighted by Crippen LogP contribution is -1.99. The Morgan fingerprint density at radius 3 is 2.84 bits per heavy atom. The molecule has 0 radical (unpaired) electrons. The van der Waals surface area contributed by atoms with E-state index in [1.807, 2.05) is 13.1 Å². The van der Waals surface area contributed by atoms with Crippen LogP contribution in [0, 0.1) is 5.82 Å². The minimum Gasteiger partial charge on any atom is -0.445 e. The number of nitrogens with one attached hydrogen (secondary N) is 1. The molecule has 1 aromatic carbocycles. The maximum atomic E-state index is 14.0. The van der Waals surface area contributed by atoms with Gasteiger partial charge in [-0.1, -0.05) is 0 Å². The van der Waals surface area contributed by atoms with Crippen molar-refractivity contribution in [1.29, 1.82) is 0 Å². The molecule has 1 N–H and O–H groups in total. The smallest absolute Gasteiger partial charge is 0.218 e. The second-order valence-corrected chi connectivity index (χ2v) is 4.65. The van der Waals surface area contributed by atoms with Crippen molar-refractivity contribution in [2.24, 2.45) is 0 Å². The number of hydrogen-bond donors (Lipinski definition) is 1. The Labute approximate surface area is 111 Å². The topological polar surface area (TPSA) is 38.1 Å². The first-order chi connectivity index (χ1) is 9.29. The maximum Gasteiger partial charge on any atom is 0.218 e. The molecule has 4 heteroatoms. The average molecular weight is 258 g/mol. The number of halogens is 1. The third-order valence-corrected chi connectivity index (χ3v) is 3.33. The standard InChI is InChI=1S/C15H15FN2O/c1-17-13-6-5-12(16)15(10-2-3-10)11(13)4-7-14-18-8-9-19-14/h4-10,17H,2-3H2,1H3/b7-4+. The van der Waals surface area contributed by atoms with E-state index < -0.39 is 0 Å². The van der Waals surface area contributed by atoms with E-state index in [4.69, 9.17) is 4.42 Å². The van der Waals surface area contributed by atoms with Crippen molar-refractivity contribution >= 4 is 17.8 Å². The van der Waals surface area contributed by atoms with Crippen LogP contribution < -0.4 is 5.32 Å². The van der Waals surface area contributed by atoms with E-state index in [2.05, 4.69) is 10.3 Å². The first-order valence-electron chi connectivity index (χ1n) is 6.37. The van der Waals surface area contributed by atoms with Crippen LogP contribution in [0.1, 0.15) is 35.8 Å². The number of anilines is 1. The van der Waals surface area contributed by atoms with Gasteiger partial charge >= 0.3 is 0 Å². The molecule has 3 nitrogen and oxygen atoms in total. The van der Waals surface area contributed by atoms with Gasteiger partial charge in [0.05, 0.1) is 6.20 Å². The van der Waals surface area contributed by atoms with Crippen LogP contribution in [-0.4, -0.2) is 12.0 Å². The van der Waals surface area contributed by atoms with Gasteiger partial charge in [0.1, 0.15) is 12.1 Å². The van der Waals surface area contributed by atoms with Gasteiger partial charge in [-0.25, -0.2) is 9.37 Å². The van der Waals surface area contributed by atoms with E-state index in [-0.39, 0.29) is 5.82 Å². The van der Waals surface area contributed by atoms with Crippen LogP contribution in [0.25, 0.3) is 12.2 Å². The molecular weight excluding hydrogens is 243 g/mol.